The minimum atomic E-state index is -0.626. The predicted octanol–water partition coefficient (Wildman–Crippen LogP) is -0.724. The van der Waals surface area contributed by atoms with E-state index in [1.54, 1.807) is 6.92 Å². The lowest BCUT2D eigenvalue weighted by atomic mass is 10.2. The summed E-state index contributed by atoms with van der Waals surface area (Å²) in [6, 6.07) is -0.626. The van der Waals surface area contributed by atoms with Crippen molar-refractivity contribution in [1.29, 1.82) is 0 Å². The van der Waals surface area contributed by atoms with Crippen molar-refractivity contribution >= 4 is 5.97 Å². The predicted molar refractivity (Wildman–Crippen MR) is 47.1 cm³/mol. The molecule has 1 atom stereocenters. The Morgan fingerprint density at radius 1 is 1.54 bits per heavy atom. The van der Waals surface area contributed by atoms with Crippen LogP contribution in [0.2, 0.25) is 0 Å². The van der Waals surface area contributed by atoms with Crippen molar-refractivity contribution in [3.8, 4) is 0 Å². The van der Waals surface area contributed by atoms with E-state index in [2.05, 4.69) is 0 Å². The van der Waals surface area contributed by atoms with Gasteiger partial charge in [-0.15, -0.1) is 0 Å². The zero-order valence-electron chi connectivity index (χ0n) is 7.86. The average Bonchev–Trinajstić information content (AvgIpc) is 2.12. The Morgan fingerprint density at radius 3 is 2.77 bits per heavy atom. The molecule has 0 bridgehead atoms. The highest BCUT2D eigenvalue weighted by Crippen LogP contribution is 1.93. The van der Waals surface area contributed by atoms with Crippen LogP contribution in [0.15, 0.2) is 0 Å². The van der Waals surface area contributed by atoms with Crippen LogP contribution >= 0.6 is 0 Å². The van der Waals surface area contributed by atoms with Crippen LogP contribution in [0.3, 0.4) is 0 Å². The molecule has 0 aliphatic carbocycles. The summed E-state index contributed by atoms with van der Waals surface area (Å²) in [7, 11) is 0. The first-order valence-corrected chi connectivity index (χ1v) is 4.33. The van der Waals surface area contributed by atoms with E-state index >= 15 is 0 Å². The monoisotopic (exact) mass is 191 g/mol. The maximum absolute atomic E-state index is 11.0. The molecule has 0 radical (unpaired) electrons. The van der Waals surface area contributed by atoms with E-state index in [1.165, 1.54) is 0 Å². The van der Waals surface area contributed by atoms with Crippen LogP contribution in [0.25, 0.3) is 0 Å². The molecule has 0 amide bonds. The van der Waals surface area contributed by atoms with Crippen molar-refractivity contribution in [1.82, 2.24) is 0 Å². The van der Waals surface area contributed by atoms with Crippen molar-refractivity contribution in [2.24, 2.45) is 5.73 Å². The third kappa shape index (κ3) is 6.51. The molecule has 0 heterocycles. The highest BCUT2D eigenvalue weighted by molar-refractivity contribution is 5.75. The fraction of sp³-hybridized carbons (Fsp3) is 0.875. The van der Waals surface area contributed by atoms with E-state index in [1.807, 2.05) is 0 Å². The molecule has 0 saturated heterocycles. The quantitative estimate of drug-likeness (QED) is 0.410. The molecule has 1 unspecified atom stereocenters. The molecule has 5 nitrogen and oxygen atoms in total. The number of hydrogen-bond donors (Lipinski definition) is 2. The molecule has 3 N–H and O–H groups in total. The molecule has 0 fully saturated rings. The number of carbonyl (C=O) groups is 1. The smallest absolute Gasteiger partial charge is 0.322 e. The number of aliphatic hydroxyl groups excluding tert-OH is 1. The third-order valence-electron chi connectivity index (χ3n) is 1.40. The Labute approximate surface area is 77.8 Å². The number of ether oxygens (including phenoxy) is 2. The molecule has 0 spiro atoms. The molecule has 78 valence electrons. The maximum atomic E-state index is 11.0. The Hall–Kier alpha value is -0.650. The summed E-state index contributed by atoms with van der Waals surface area (Å²) in [4.78, 5) is 11.0. The van der Waals surface area contributed by atoms with E-state index in [4.69, 9.17) is 20.3 Å². The second-order valence-electron chi connectivity index (χ2n) is 2.48. The zero-order chi connectivity index (χ0) is 10.1. The first-order chi connectivity index (χ1) is 6.22. The maximum Gasteiger partial charge on any atom is 0.322 e. The van der Waals surface area contributed by atoms with Crippen molar-refractivity contribution in [2.75, 3.05) is 26.4 Å². The zero-order valence-corrected chi connectivity index (χ0v) is 7.86. The van der Waals surface area contributed by atoms with Crippen molar-refractivity contribution < 1.29 is 19.4 Å². The molecule has 0 aromatic rings. The number of esters is 1. The van der Waals surface area contributed by atoms with Gasteiger partial charge in [0, 0.05) is 6.61 Å². The Kier molecular flexibility index (Phi) is 7.57. The van der Waals surface area contributed by atoms with Crippen LogP contribution in [-0.2, 0) is 14.3 Å². The molecule has 0 aliphatic heterocycles. The summed E-state index contributed by atoms with van der Waals surface area (Å²) in [6.07, 6.45) is 0.416. The first-order valence-electron chi connectivity index (χ1n) is 4.33. The lowest BCUT2D eigenvalue weighted by Gasteiger charge is -2.09. The van der Waals surface area contributed by atoms with E-state index < -0.39 is 12.0 Å². The number of carbonyl (C=O) groups excluding carboxylic acids is 1. The fourth-order valence-electron chi connectivity index (χ4n) is 0.744. The summed E-state index contributed by atoms with van der Waals surface area (Å²) in [5.41, 5.74) is 5.47. The number of hydrogen-bond acceptors (Lipinski definition) is 5. The van der Waals surface area contributed by atoms with Crippen LogP contribution in [-0.4, -0.2) is 43.5 Å². The van der Waals surface area contributed by atoms with Gasteiger partial charge in [0.15, 0.2) is 0 Å². The lowest BCUT2D eigenvalue weighted by Crippen LogP contribution is -2.33. The number of aliphatic hydroxyl groups is 1. The minimum Gasteiger partial charge on any atom is -0.465 e. The van der Waals surface area contributed by atoms with Crippen LogP contribution < -0.4 is 5.73 Å². The van der Waals surface area contributed by atoms with Gasteiger partial charge in [-0.3, -0.25) is 4.79 Å². The standard InChI is InChI=1S/C8H17NO4/c1-2-13-8(11)7(9)3-5-12-6-4-10/h7,10H,2-6,9H2,1H3. The molecular weight excluding hydrogens is 174 g/mol. The fourth-order valence-corrected chi connectivity index (χ4v) is 0.744. The van der Waals surface area contributed by atoms with Crippen molar-refractivity contribution in [3.05, 3.63) is 0 Å². The van der Waals surface area contributed by atoms with Crippen molar-refractivity contribution in [3.63, 3.8) is 0 Å². The van der Waals surface area contributed by atoms with Crippen LogP contribution in [0.5, 0.6) is 0 Å². The Morgan fingerprint density at radius 2 is 2.23 bits per heavy atom. The summed E-state index contributed by atoms with van der Waals surface area (Å²) in [5.74, 6) is -0.407. The normalized spacial score (nSPS) is 12.5. The Bertz CT molecular complexity index is 140. The summed E-state index contributed by atoms with van der Waals surface area (Å²) >= 11 is 0. The highest BCUT2D eigenvalue weighted by Gasteiger charge is 2.13. The van der Waals surface area contributed by atoms with Gasteiger partial charge in [-0.2, -0.15) is 0 Å². The molecule has 13 heavy (non-hydrogen) atoms. The molecule has 0 aromatic heterocycles. The van der Waals surface area contributed by atoms with Gasteiger partial charge in [0.1, 0.15) is 6.04 Å². The van der Waals surface area contributed by atoms with Gasteiger partial charge in [0.25, 0.3) is 0 Å². The molecule has 0 aromatic carbocycles. The summed E-state index contributed by atoms with van der Waals surface area (Å²) < 4.78 is 9.64. The summed E-state index contributed by atoms with van der Waals surface area (Å²) in [5, 5.41) is 8.38. The molecule has 0 aliphatic rings. The van der Waals surface area contributed by atoms with E-state index in [0.29, 0.717) is 19.6 Å². The van der Waals surface area contributed by atoms with Crippen LogP contribution in [0, 0.1) is 0 Å². The second-order valence-corrected chi connectivity index (χ2v) is 2.48. The van der Waals surface area contributed by atoms with Gasteiger partial charge in [-0.25, -0.2) is 0 Å². The van der Waals surface area contributed by atoms with Gasteiger partial charge in [-0.1, -0.05) is 0 Å². The van der Waals surface area contributed by atoms with Gasteiger partial charge < -0.3 is 20.3 Å². The molecule has 5 heteroatoms. The van der Waals surface area contributed by atoms with Crippen molar-refractivity contribution in [2.45, 2.75) is 19.4 Å². The lowest BCUT2D eigenvalue weighted by molar-refractivity contribution is -0.145. The highest BCUT2D eigenvalue weighted by atomic mass is 16.5. The number of nitrogens with two attached hydrogens (primary N) is 1. The average molecular weight is 191 g/mol. The van der Waals surface area contributed by atoms with E-state index in [9.17, 15) is 4.79 Å². The second kappa shape index (κ2) is 7.97. The third-order valence-corrected chi connectivity index (χ3v) is 1.40. The topological polar surface area (TPSA) is 81.8 Å². The van der Waals surface area contributed by atoms with Gasteiger partial charge in [0.05, 0.1) is 19.8 Å². The largest absolute Gasteiger partial charge is 0.465 e. The van der Waals surface area contributed by atoms with Gasteiger partial charge in [0.2, 0.25) is 0 Å². The SMILES string of the molecule is CCOC(=O)C(N)CCOCCO. The summed E-state index contributed by atoms with van der Waals surface area (Å²) in [6.45, 7) is 2.68. The van der Waals surface area contributed by atoms with Gasteiger partial charge in [-0.05, 0) is 13.3 Å². The Balaban J connectivity index is 3.38. The van der Waals surface area contributed by atoms with Gasteiger partial charge >= 0.3 is 5.97 Å². The van der Waals surface area contributed by atoms with E-state index in [-0.39, 0.29) is 13.2 Å². The minimum absolute atomic E-state index is 0.0192. The molecule has 0 rings (SSSR count). The number of rotatable bonds is 7. The molecule has 0 saturated carbocycles. The van der Waals surface area contributed by atoms with E-state index in [0.717, 1.165) is 0 Å². The molecular formula is C8H17NO4. The van der Waals surface area contributed by atoms with Crippen LogP contribution in [0.1, 0.15) is 13.3 Å². The first kappa shape index (κ1) is 12.3. The van der Waals surface area contributed by atoms with Crippen LogP contribution in [0.4, 0.5) is 0 Å².